The molecular formula is C9H17NO6S. The standard InChI is InChI=1S/C9H17NO6S/c1-9(2,17(3,15)16)8(14)10-5-4-6(11)7(12)13/h6,11H,4-5H2,1-3H3,(H,10,14)(H,12,13). The van der Waals surface area contributed by atoms with Crippen LogP contribution >= 0.6 is 0 Å². The largest absolute Gasteiger partial charge is 0.479 e. The third-order valence-corrected chi connectivity index (χ3v) is 4.50. The number of sulfone groups is 1. The summed E-state index contributed by atoms with van der Waals surface area (Å²) in [5, 5.41) is 19.6. The fourth-order valence-electron chi connectivity index (χ4n) is 0.827. The topological polar surface area (TPSA) is 121 Å². The summed E-state index contributed by atoms with van der Waals surface area (Å²) in [6.45, 7) is 2.40. The number of carboxylic acids is 1. The molecule has 0 aliphatic carbocycles. The van der Waals surface area contributed by atoms with E-state index in [1.54, 1.807) is 0 Å². The van der Waals surface area contributed by atoms with Gasteiger partial charge in [-0.1, -0.05) is 0 Å². The van der Waals surface area contributed by atoms with Gasteiger partial charge in [-0.05, 0) is 13.8 Å². The number of aliphatic hydroxyl groups is 1. The number of aliphatic hydroxyl groups excluding tert-OH is 1. The minimum absolute atomic E-state index is 0.106. The van der Waals surface area contributed by atoms with Crippen LogP contribution in [0.25, 0.3) is 0 Å². The molecule has 0 rings (SSSR count). The maximum absolute atomic E-state index is 11.5. The van der Waals surface area contributed by atoms with Gasteiger partial charge in [-0.2, -0.15) is 0 Å². The molecule has 0 spiro atoms. The Kier molecular flexibility index (Phi) is 5.09. The molecule has 8 heteroatoms. The first-order valence-electron chi connectivity index (χ1n) is 4.89. The summed E-state index contributed by atoms with van der Waals surface area (Å²) in [5.74, 6) is -2.11. The van der Waals surface area contributed by atoms with E-state index in [2.05, 4.69) is 5.32 Å². The van der Waals surface area contributed by atoms with Gasteiger partial charge < -0.3 is 15.5 Å². The SMILES string of the molecule is CC(C)(C(=O)NCCC(O)C(=O)O)S(C)(=O)=O. The van der Waals surface area contributed by atoms with Crippen molar-refractivity contribution in [2.24, 2.45) is 0 Å². The maximum Gasteiger partial charge on any atom is 0.332 e. The second-order valence-electron chi connectivity index (χ2n) is 4.18. The number of nitrogens with one attached hydrogen (secondary N) is 1. The molecule has 0 aliphatic heterocycles. The van der Waals surface area contributed by atoms with Gasteiger partial charge >= 0.3 is 5.97 Å². The fraction of sp³-hybridized carbons (Fsp3) is 0.778. The highest BCUT2D eigenvalue weighted by Crippen LogP contribution is 2.14. The molecule has 7 nitrogen and oxygen atoms in total. The molecule has 100 valence electrons. The molecule has 0 aromatic heterocycles. The highest BCUT2D eigenvalue weighted by Gasteiger charge is 2.38. The molecule has 0 saturated carbocycles. The molecular weight excluding hydrogens is 250 g/mol. The van der Waals surface area contributed by atoms with E-state index in [0.717, 1.165) is 6.26 Å². The Bertz CT molecular complexity index is 400. The van der Waals surface area contributed by atoms with E-state index >= 15 is 0 Å². The van der Waals surface area contributed by atoms with Crippen LogP contribution in [0.4, 0.5) is 0 Å². The monoisotopic (exact) mass is 267 g/mol. The fourth-order valence-corrected chi connectivity index (χ4v) is 1.24. The zero-order chi connectivity index (χ0) is 13.9. The second-order valence-corrected chi connectivity index (χ2v) is 6.75. The first-order valence-corrected chi connectivity index (χ1v) is 6.78. The van der Waals surface area contributed by atoms with E-state index in [4.69, 9.17) is 10.2 Å². The van der Waals surface area contributed by atoms with E-state index < -0.39 is 32.6 Å². The number of aliphatic carboxylic acids is 1. The average molecular weight is 267 g/mol. The van der Waals surface area contributed by atoms with Crippen LogP contribution in [0.1, 0.15) is 20.3 Å². The summed E-state index contributed by atoms with van der Waals surface area (Å²) in [4.78, 5) is 21.8. The van der Waals surface area contributed by atoms with Crippen molar-refractivity contribution in [3.8, 4) is 0 Å². The van der Waals surface area contributed by atoms with Crippen LogP contribution in [0.5, 0.6) is 0 Å². The Hall–Kier alpha value is -1.15. The lowest BCUT2D eigenvalue weighted by molar-refractivity contribution is -0.147. The molecule has 0 fully saturated rings. The number of hydrogen-bond acceptors (Lipinski definition) is 5. The molecule has 0 aliphatic rings. The van der Waals surface area contributed by atoms with Crippen LogP contribution in [0.2, 0.25) is 0 Å². The van der Waals surface area contributed by atoms with Gasteiger partial charge in [0.25, 0.3) is 0 Å². The molecule has 1 amide bonds. The van der Waals surface area contributed by atoms with E-state index in [1.165, 1.54) is 13.8 Å². The molecule has 0 saturated heterocycles. The molecule has 0 bridgehead atoms. The number of hydrogen-bond donors (Lipinski definition) is 3. The number of carbonyl (C=O) groups excluding carboxylic acids is 1. The van der Waals surface area contributed by atoms with Crippen LogP contribution in [-0.2, 0) is 19.4 Å². The first-order chi connectivity index (χ1) is 7.50. The van der Waals surface area contributed by atoms with Gasteiger partial charge in [-0.3, -0.25) is 4.79 Å². The Morgan fingerprint density at radius 2 is 1.82 bits per heavy atom. The Balaban J connectivity index is 4.35. The van der Waals surface area contributed by atoms with Crippen LogP contribution in [0, 0.1) is 0 Å². The maximum atomic E-state index is 11.5. The second kappa shape index (κ2) is 5.46. The number of carboxylic acid groups (broad SMARTS) is 1. The van der Waals surface area contributed by atoms with Crippen molar-refractivity contribution in [2.75, 3.05) is 12.8 Å². The van der Waals surface area contributed by atoms with Crippen LogP contribution in [-0.4, -0.2) is 54.2 Å². The molecule has 1 atom stereocenters. The minimum Gasteiger partial charge on any atom is -0.479 e. The first kappa shape index (κ1) is 15.9. The van der Waals surface area contributed by atoms with Crippen molar-refractivity contribution in [1.29, 1.82) is 0 Å². The third-order valence-electron chi connectivity index (χ3n) is 2.46. The Morgan fingerprint density at radius 3 is 2.18 bits per heavy atom. The minimum atomic E-state index is -3.56. The summed E-state index contributed by atoms with van der Waals surface area (Å²) in [7, 11) is -3.56. The predicted octanol–water partition coefficient (Wildman–Crippen LogP) is -1.24. The average Bonchev–Trinajstić information content (AvgIpc) is 2.15. The number of rotatable bonds is 6. The normalized spacial score (nSPS) is 14.1. The highest BCUT2D eigenvalue weighted by atomic mass is 32.2. The molecule has 17 heavy (non-hydrogen) atoms. The lowest BCUT2D eigenvalue weighted by atomic mass is 10.2. The van der Waals surface area contributed by atoms with E-state index in [9.17, 15) is 18.0 Å². The Labute approximate surface area is 99.7 Å². The van der Waals surface area contributed by atoms with E-state index in [-0.39, 0.29) is 13.0 Å². The lowest BCUT2D eigenvalue weighted by Gasteiger charge is -2.21. The van der Waals surface area contributed by atoms with Gasteiger partial charge in [-0.15, -0.1) is 0 Å². The zero-order valence-corrected chi connectivity index (χ0v) is 10.7. The van der Waals surface area contributed by atoms with Gasteiger partial charge in [0.15, 0.2) is 15.9 Å². The highest BCUT2D eigenvalue weighted by molar-refractivity contribution is 7.92. The summed E-state index contributed by atoms with van der Waals surface area (Å²) < 4.78 is 21.0. The van der Waals surface area contributed by atoms with Gasteiger partial charge in [0.2, 0.25) is 5.91 Å². The van der Waals surface area contributed by atoms with E-state index in [0.29, 0.717) is 0 Å². The van der Waals surface area contributed by atoms with Crippen LogP contribution in [0.3, 0.4) is 0 Å². The van der Waals surface area contributed by atoms with E-state index in [1.807, 2.05) is 0 Å². The summed E-state index contributed by atoms with van der Waals surface area (Å²) >= 11 is 0. The summed E-state index contributed by atoms with van der Waals surface area (Å²) in [6, 6.07) is 0. The van der Waals surface area contributed by atoms with Crippen LogP contribution in [0.15, 0.2) is 0 Å². The lowest BCUT2D eigenvalue weighted by Crippen LogP contribution is -2.48. The molecule has 1 unspecified atom stereocenters. The van der Waals surface area contributed by atoms with Gasteiger partial charge in [0.1, 0.15) is 4.75 Å². The number of carbonyl (C=O) groups is 2. The van der Waals surface area contributed by atoms with Crippen molar-refractivity contribution in [2.45, 2.75) is 31.1 Å². The number of amides is 1. The molecule has 3 N–H and O–H groups in total. The van der Waals surface area contributed by atoms with Crippen LogP contribution < -0.4 is 5.32 Å². The summed E-state index contributed by atoms with van der Waals surface area (Å²) in [5.41, 5.74) is 0. The smallest absolute Gasteiger partial charge is 0.332 e. The predicted molar refractivity (Wildman–Crippen MR) is 60.2 cm³/mol. The van der Waals surface area contributed by atoms with Crippen molar-refractivity contribution in [3.05, 3.63) is 0 Å². The van der Waals surface area contributed by atoms with Crippen molar-refractivity contribution < 1.29 is 28.2 Å². The van der Waals surface area contributed by atoms with Gasteiger partial charge in [0, 0.05) is 19.2 Å². The molecule has 0 radical (unpaired) electrons. The molecule has 0 aromatic carbocycles. The zero-order valence-electron chi connectivity index (χ0n) is 9.93. The van der Waals surface area contributed by atoms with Gasteiger partial charge in [-0.25, -0.2) is 13.2 Å². The third kappa shape index (κ3) is 4.31. The van der Waals surface area contributed by atoms with Crippen molar-refractivity contribution in [1.82, 2.24) is 5.32 Å². The molecule has 0 heterocycles. The molecule has 0 aromatic rings. The van der Waals surface area contributed by atoms with Crippen molar-refractivity contribution in [3.63, 3.8) is 0 Å². The van der Waals surface area contributed by atoms with Gasteiger partial charge in [0.05, 0.1) is 0 Å². The summed E-state index contributed by atoms with van der Waals surface area (Å²) in [6.07, 6.45) is -0.809. The van der Waals surface area contributed by atoms with Crippen molar-refractivity contribution >= 4 is 21.7 Å². The Morgan fingerprint density at radius 1 is 1.35 bits per heavy atom. The quantitative estimate of drug-likeness (QED) is 0.553.